The van der Waals surface area contributed by atoms with E-state index in [0.29, 0.717) is 42.7 Å². The fourth-order valence-electron chi connectivity index (χ4n) is 3.56. The molecule has 176 valence electrons. The van der Waals surface area contributed by atoms with Gasteiger partial charge in [-0.3, -0.25) is 14.6 Å². The first kappa shape index (κ1) is 23.6. The summed E-state index contributed by atoms with van der Waals surface area (Å²) in [7, 11) is -3.33. The van der Waals surface area contributed by atoms with Crippen molar-refractivity contribution in [3.05, 3.63) is 48.0 Å². The summed E-state index contributed by atoms with van der Waals surface area (Å²) >= 11 is 1.31. The lowest BCUT2D eigenvalue weighted by molar-refractivity contribution is -0.120. The number of hydrogen-bond acceptors (Lipinski definition) is 8. The number of amides is 1. The maximum Gasteiger partial charge on any atom is 0.266 e. The Hall–Kier alpha value is -2.53. The Morgan fingerprint density at radius 3 is 2.73 bits per heavy atom. The number of ether oxygens (including phenoxy) is 2. The molecule has 3 aromatic rings. The highest BCUT2D eigenvalue weighted by Gasteiger charge is 2.22. The SMILES string of the molecule is Cc1cccc(OCC(=O)N(CCN2CCOCC2)c2nc3ccc(S(C)(=O)=O)cc3s2)c1. The van der Waals surface area contributed by atoms with E-state index in [1.807, 2.05) is 31.2 Å². The van der Waals surface area contributed by atoms with Gasteiger partial charge in [-0.2, -0.15) is 0 Å². The van der Waals surface area contributed by atoms with Crippen molar-refractivity contribution in [2.45, 2.75) is 11.8 Å². The molecule has 0 saturated carbocycles. The van der Waals surface area contributed by atoms with Gasteiger partial charge in [0, 0.05) is 32.4 Å². The average molecular weight is 490 g/mol. The van der Waals surface area contributed by atoms with E-state index in [-0.39, 0.29) is 17.4 Å². The summed E-state index contributed by atoms with van der Waals surface area (Å²) in [4.78, 5) is 21.9. The molecule has 2 heterocycles. The fourth-order valence-corrected chi connectivity index (χ4v) is 5.33. The van der Waals surface area contributed by atoms with E-state index in [2.05, 4.69) is 9.88 Å². The third kappa shape index (κ3) is 6.08. The van der Waals surface area contributed by atoms with Crippen molar-refractivity contribution in [2.24, 2.45) is 0 Å². The molecule has 0 atom stereocenters. The number of morpholine rings is 1. The van der Waals surface area contributed by atoms with Gasteiger partial charge in [0.05, 0.1) is 28.3 Å². The van der Waals surface area contributed by atoms with Crippen LogP contribution in [0.1, 0.15) is 5.56 Å². The smallest absolute Gasteiger partial charge is 0.266 e. The van der Waals surface area contributed by atoms with Gasteiger partial charge in [-0.25, -0.2) is 13.4 Å². The van der Waals surface area contributed by atoms with E-state index in [4.69, 9.17) is 9.47 Å². The van der Waals surface area contributed by atoms with Crippen LogP contribution in [0, 0.1) is 6.92 Å². The average Bonchev–Trinajstić information content (AvgIpc) is 3.21. The van der Waals surface area contributed by atoms with E-state index >= 15 is 0 Å². The molecule has 8 nitrogen and oxygen atoms in total. The van der Waals surface area contributed by atoms with E-state index in [0.717, 1.165) is 23.4 Å². The lowest BCUT2D eigenvalue weighted by Gasteiger charge is -2.29. The number of rotatable bonds is 8. The summed E-state index contributed by atoms with van der Waals surface area (Å²) in [5, 5.41) is 0.529. The molecule has 1 aliphatic rings. The Bertz CT molecular complexity index is 1240. The lowest BCUT2D eigenvalue weighted by Crippen LogP contribution is -2.44. The number of nitrogens with zero attached hydrogens (tertiary/aromatic N) is 3. The minimum Gasteiger partial charge on any atom is -0.484 e. The quantitative estimate of drug-likeness (QED) is 0.481. The van der Waals surface area contributed by atoms with Crippen molar-refractivity contribution < 1.29 is 22.7 Å². The molecule has 0 radical (unpaired) electrons. The van der Waals surface area contributed by atoms with Crippen LogP contribution < -0.4 is 9.64 Å². The van der Waals surface area contributed by atoms with Crippen molar-refractivity contribution in [3.63, 3.8) is 0 Å². The molecule has 0 unspecified atom stereocenters. The van der Waals surface area contributed by atoms with Crippen molar-refractivity contribution >= 4 is 42.4 Å². The van der Waals surface area contributed by atoms with E-state index < -0.39 is 9.84 Å². The van der Waals surface area contributed by atoms with E-state index in [9.17, 15) is 13.2 Å². The van der Waals surface area contributed by atoms with Gasteiger partial charge in [-0.05, 0) is 42.8 Å². The number of aryl methyl sites for hydroxylation is 1. The fraction of sp³-hybridized carbons (Fsp3) is 0.391. The van der Waals surface area contributed by atoms with Crippen LogP contribution in [0.4, 0.5) is 5.13 Å². The summed E-state index contributed by atoms with van der Waals surface area (Å²) in [6.07, 6.45) is 1.18. The highest BCUT2D eigenvalue weighted by Crippen LogP contribution is 2.31. The minimum absolute atomic E-state index is 0.114. The van der Waals surface area contributed by atoms with Crippen LogP contribution >= 0.6 is 11.3 Å². The zero-order chi connectivity index (χ0) is 23.4. The summed E-state index contributed by atoms with van der Waals surface area (Å²) in [6.45, 7) is 5.99. The number of hydrogen-bond donors (Lipinski definition) is 0. The van der Waals surface area contributed by atoms with Crippen LogP contribution in [0.2, 0.25) is 0 Å². The molecule has 0 bridgehead atoms. The molecule has 1 saturated heterocycles. The molecular weight excluding hydrogens is 462 g/mol. The Balaban J connectivity index is 1.56. The number of fused-ring (bicyclic) bond motifs is 1. The van der Waals surface area contributed by atoms with Gasteiger partial charge in [-0.1, -0.05) is 23.5 Å². The largest absolute Gasteiger partial charge is 0.484 e. The zero-order valence-corrected chi connectivity index (χ0v) is 20.3. The number of anilines is 1. The van der Waals surface area contributed by atoms with Crippen molar-refractivity contribution in [1.82, 2.24) is 9.88 Å². The topological polar surface area (TPSA) is 89.0 Å². The molecule has 1 fully saturated rings. The second-order valence-electron chi connectivity index (χ2n) is 8.00. The first-order valence-corrected chi connectivity index (χ1v) is 13.4. The third-order valence-corrected chi connectivity index (χ3v) is 7.56. The van der Waals surface area contributed by atoms with Gasteiger partial charge in [0.15, 0.2) is 21.6 Å². The normalized spacial score (nSPS) is 15.0. The maximum atomic E-state index is 13.2. The molecule has 4 rings (SSSR count). The minimum atomic E-state index is -3.33. The summed E-state index contributed by atoms with van der Waals surface area (Å²) in [6, 6.07) is 12.4. The molecule has 10 heteroatoms. The molecular formula is C23H27N3O5S2. The molecule has 0 spiro atoms. The number of carbonyl (C=O) groups is 1. The van der Waals surface area contributed by atoms with Gasteiger partial charge in [0.1, 0.15) is 5.75 Å². The van der Waals surface area contributed by atoms with Crippen LogP contribution in [0.3, 0.4) is 0 Å². The number of benzene rings is 2. The number of aromatic nitrogens is 1. The van der Waals surface area contributed by atoms with Crippen LogP contribution in [0.25, 0.3) is 10.2 Å². The van der Waals surface area contributed by atoms with Gasteiger partial charge < -0.3 is 9.47 Å². The first-order chi connectivity index (χ1) is 15.8. The molecule has 0 N–H and O–H groups in total. The monoisotopic (exact) mass is 489 g/mol. The van der Waals surface area contributed by atoms with Crippen LogP contribution in [-0.2, 0) is 19.4 Å². The Labute approximate surface area is 197 Å². The molecule has 33 heavy (non-hydrogen) atoms. The molecule has 1 aromatic heterocycles. The van der Waals surface area contributed by atoms with Crippen molar-refractivity contribution in [1.29, 1.82) is 0 Å². The summed E-state index contributed by atoms with van der Waals surface area (Å²) in [5.41, 5.74) is 1.71. The van der Waals surface area contributed by atoms with Crippen LogP contribution in [-0.4, -0.2) is 76.5 Å². The first-order valence-electron chi connectivity index (χ1n) is 10.7. The molecule has 1 amide bonds. The summed E-state index contributed by atoms with van der Waals surface area (Å²) in [5.74, 6) is 0.436. The lowest BCUT2D eigenvalue weighted by atomic mass is 10.2. The van der Waals surface area contributed by atoms with E-state index in [1.165, 1.54) is 17.6 Å². The van der Waals surface area contributed by atoms with Crippen molar-refractivity contribution in [3.8, 4) is 5.75 Å². The highest BCUT2D eigenvalue weighted by atomic mass is 32.2. The zero-order valence-electron chi connectivity index (χ0n) is 18.7. The van der Waals surface area contributed by atoms with Crippen LogP contribution in [0.15, 0.2) is 47.4 Å². The van der Waals surface area contributed by atoms with Gasteiger partial charge in [-0.15, -0.1) is 0 Å². The second-order valence-corrected chi connectivity index (χ2v) is 11.0. The number of sulfone groups is 1. The van der Waals surface area contributed by atoms with Crippen molar-refractivity contribution in [2.75, 3.05) is 57.2 Å². The number of carbonyl (C=O) groups excluding carboxylic acids is 1. The number of thiazole rings is 1. The third-order valence-electron chi connectivity index (χ3n) is 5.40. The standard InChI is InChI=1S/C23H27N3O5S2/c1-17-4-3-5-18(14-17)31-16-22(27)26(9-8-25-10-12-30-13-11-25)23-24-20-7-6-19(33(2,28)29)15-21(20)32-23/h3-7,14-15H,8-13,16H2,1-2H3. The van der Waals surface area contributed by atoms with Crippen LogP contribution in [0.5, 0.6) is 5.75 Å². The predicted molar refractivity (Wildman–Crippen MR) is 129 cm³/mol. The second kappa shape index (κ2) is 10.2. The maximum absolute atomic E-state index is 13.2. The van der Waals surface area contributed by atoms with Gasteiger partial charge in [0.25, 0.3) is 5.91 Å². The predicted octanol–water partition coefficient (Wildman–Crippen LogP) is 2.75. The Kier molecular flexibility index (Phi) is 7.28. The highest BCUT2D eigenvalue weighted by molar-refractivity contribution is 7.90. The van der Waals surface area contributed by atoms with Gasteiger partial charge in [0.2, 0.25) is 0 Å². The van der Waals surface area contributed by atoms with E-state index in [1.54, 1.807) is 23.1 Å². The molecule has 1 aliphatic heterocycles. The Morgan fingerprint density at radius 2 is 2.00 bits per heavy atom. The summed E-state index contributed by atoms with van der Waals surface area (Å²) < 4.78 is 35.8. The van der Waals surface area contributed by atoms with Gasteiger partial charge >= 0.3 is 0 Å². The molecule has 0 aliphatic carbocycles. The Morgan fingerprint density at radius 1 is 1.21 bits per heavy atom. The molecule has 2 aromatic carbocycles.